The Morgan fingerprint density at radius 2 is 1.67 bits per heavy atom. The second-order valence-corrected chi connectivity index (χ2v) is 6.13. The van der Waals surface area contributed by atoms with Gasteiger partial charge in [0.05, 0.1) is 0 Å². The van der Waals surface area contributed by atoms with Crippen molar-refractivity contribution in [2.24, 2.45) is 11.3 Å². The molecule has 2 nitrogen and oxygen atoms in total. The average Bonchev–Trinajstić information content (AvgIpc) is 2.00. The summed E-state index contributed by atoms with van der Waals surface area (Å²) in [5.41, 5.74) is 0.216. The summed E-state index contributed by atoms with van der Waals surface area (Å²) in [6, 6.07) is 0.928. The van der Waals surface area contributed by atoms with Crippen molar-refractivity contribution in [3.8, 4) is 0 Å². The van der Waals surface area contributed by atoms with Gasteiger partial charge >= 0.3 is 0 Å². The monoisotopic (exact) mass is 215 g/mol. The van der Waals surface area contributed by atoms with Gasteiger partial charge in [0.25, 0.3) is 0 Å². The molecule has 0 bridgehead atoms. The SMILES string of the molecule is CC(C)CC(C)NC(CCO)C(C)(C)C. The molecule has 0 spiro atoms. The van der Waals surface area contributed by atoms with Gasteiger partial charge in [-0.05, 0) is 31.1 Å². The summed E-state index contributed by atoms with van der Waals surface area (Å²) >= 11 is 0. The molecular weight excluding hydrogens is 186 g/mol. The lowest BCUT2D eigenvalue weighted by molar-refractivity contribution is 0.183. The smallest absolute Gasteiger partial charge is 0.0446 e. The van der Waals surface area contributed by atoms with Crippen molar-refractivity contribution in [2.75, 3.05) is 6.61 Å². The van der Waals surface area contributed by atoms with Gasteiger partial charge in [0.15, 0.2) is 0 Å². The van der Waals surface area contributed by atoms with Crippen LogP contribution in [-0.4, -0.2) is 23.8 Å². The van der Waals surface area contributed by atoms with E-state index < -0.39 is 0 Å². The number of hydrogen-bond donors (Lipinski definition) is 2. The van der Waals surface area contributed by atoms with Crippen molar-refractivity contribution >= 4 is 0 Å². The van der Waals surface area contributed by atoms with E-state index in [9.17, 15) is 0 Å². The standard InChI is InChI=1S/C13H29NO/c1-10(2)9-11(3)14-12(7-8-15)13(4,5)6/h10-12,14-15H,7-9H2,1-6H3. The molecule has 0 radical (unpaired) electrons. The highest BCUT2D eigenvalue weighted by atomic mass is 16.3. The van der Waals surface area contributed by atoms with Crippen LogP contribution in [0.3, 0.4) is 0 Å². The predicted octanol–water partition coefficient (Wildman–Crippen LogP) is 2.81. The van der Waals surface area contributed by atoms with Crippen LogP contribution in [-0.2, 0) is 0 Å². The van der Waals surface area contributed by atoms with E-state index in [2.05, 4.69) is 46.9 Å². The maximum absolute atomic E-state index is 9.05. The Hall–Kier alpha value is -0.0800. The van der Waals surface area contributed by atoms with Crippen molar-refractivity contribution in [1.29, 1.82) is 0 Å². The highest BCUT2D eigenvalue weighted by Gasteiger charge is 2.25. The third-order valence-electron chi connectivity index (χ3n) is 2.77. The van der Waals surface area contributed by atoms with Gasteiger partial charge in [0.2, 0.25) is 0 Å². The molecule has 0 aromatic rings. The normalized spacial score (nSPS) is 16.8. The zero-order valence-corrected chi connectivity index (χ0v) is 11.3. The molecule has 0 aliphatic carbocycles. The number of aliphatic hydroxyl groups excluding tert-OH is 1. The zero-order valence-electron chi connectivity index (χ0n) is 11.3. The van der Waals surface area contributed by atoms with E-state index in [1.54, 1.807) is 0 Å². The van der Waals surface area contributed by atoms with Gasteiger partial charge in [0, 0.05) is 18.7 Å². The van der Waals surface area contributed by atoms with Gasteiger partial charge in [0.1, 0.15) is 0 Å². The second kappa shape index (κ2) is 6.49. The molecule has 0 heterocycles. The third-order valence-corrected chi connectivity index (χ3v) is 2.77. The van der Waals surface area contributed by atoms with Crippen LogP contribution < -0.4 is 5.32 Å². The highest BCUT2D eigenvalue weighted by Crippen LogP contribution is 2.22. The molecule has 0 aliphatic rings. The van der Waals surface area contributed by atoms with E-state index in [-0.39, 0.29) is 12.0 Å². The van der Waals surface area contributed by atoms with E-state index in [4.69, 9.17) is 5.11 Å². The van der Waals surface area contributed by atoms with Gasteiger partial charge in [-0.3, -0.25) is 0 Å². The first kappa shape index (κ1) is 14.9. The van der Waals surface area contributed by atoms with Crippen LogP contribution in [0.25, 0.3) is 0 Å². The summed E-state index contributed by atoms with van der Waals surface area (Å²) in [6.07, 6.45) is 2.03. The first-order valence-electron chi connectivity index (χ1n) is 6.14. The third kappa shape index (κ3) is 6.91. The van der Waals surface area contributed by atoms with E-state index in [0.717, 1.165) is 12.3 Å². The summed E-state index contributed by atoms with van der Waals surface area (Å²) in [6.45, 7) is 13.7. The molecule has 2 unspecified atom stereocenters. The molecule has 0 fully saturated rings. The molecule has 0 amide bonds. The molecule has 15 heavy (non-hydrogen) atoms. The van der Waals surface area contributed by atoms with Crippen LogP contribution in [0.5, 0.6) is 0 Å². The van der Waals surface area contributed by atoms with Crippen molar-refractivity contribution in [3.63, 3.8) is 0 Å². The molecule has 92 valence electrons. The fraction of sp³-hybridized carbons (Fsp3) is 1.00. The first-order valence-corrected chi connectivity index (χ1v) is 6.14. The van der Waals surface area contributed by atoms with Crippen LogP contribution in [0.4, 0.5) is 0 Å². The topological polar surface area (TPSA) is 32.3 Å². The van der Waals surface area contributed by atoms with Gasteiger partial charge in [-0.25, -0.2) is 0 Å². The number of hydrogen-bond acceptors (Lipinski definition) is 2. The first-order chi connectivity index (χ1) is 6.77. The number of rotatable bonds is 6. The van der Waals surface area contributed by atoms with E-state index in [0.29, 0.717) is 12.1 Å². The largest absolute Gasteiger partial charge is 0.396 e. The average molecular weight is 215 g/mol. The second-order valence-electron chi connectivity index (χ2n) is 6.13. The molecule has 0 aliphatic heterocycles. The van der Waals surface area contributed by atoms with Crippen molar-refractivity contribution < 1.29 is 5.11 Å². The maximum Gasteiger partial charge on any atom is 0.0446 e. The minimum atomic E-state index is 0.216. The van der Waals surface area contributed by atoms with Crippen LogP contribution in [0.1, 0.15) is 54.4 Å². The molecule has 2 N–H and O–H groups in total. The predicted molar refractivity (Wildman–Crippen MR) is 67.0 cm³/mol. The van der Waals surface area contributed by atoms with Crippen LogP contribution in [0, 0.1) is 11.3 Å². The molecule has 0 aromatic carbocycles. The molecule has 0 rings (SSSR count). The van der Waals surface area contributed by atoms with Gasteiger partial charge in [-0.2, -0.15) is 0 Å². The lowest BCUT2D eigenvalue weighted by atomic mass is 9.84. The van der Waals surface area contributed by atoms with Gasteiger partial charge in [-0.1, -0.05) is 34.6 Å². The Bertz CT molecular complexity index is 160. The Kier molecular flexibility index (Phi) is 6.46. The van der Waals surface area contributed by atoms with E-state index in [1.807, 2.05) is 0 Å². The molecule has 2 heteroatoms. The van der Waals surface area contributed by atoms with Crippen molar-refractivity contribution in [1.82, 2.24) is 5.32 Å². The lowest BCUT2D eigenvalue weighted by Gasteiger charge is -2.34. The summed E-state index contributed by atoms with van der Waals surface area (Å²) < 4.78 is 0. The van der Waals surface area contributed by atoms with Crippen LogP contribution in [0.2, 0.25) is 0 Å². The fourth-order valence-corrected chi connectivity index (χ4v) is 2.01. The fourth-order valence-electron chi connectivity index (χ4n) is 2.01. The van der Waals surface area contributed by atoms with E-state index in [1.165, 1.54) is 6.42 Å². The van der Waals surface area contributed by atoms with Crippen molar-refractivity contribution in [2.45, 2.75) is 66.5 Å². The van der Waals surface area contributed by atoms with Gasteiger partial charge in [-0.15, -0.1) is 0 Å². The van der Waals surface area contributed by atoms with Gasteiger partial charge < -0.3 is 10.4 Å². The lowest BCUT2D eigenvalue weighted by Crippen LogP contribution is -2.45. The Morgan fingerprint density at radius 1 is 1.13 bits per heavy atom. The minimum absolute atomic E-state index is 0.216. The summed E-state index contributed by atoms with van der Waals surface area (Å²) in [7, 11) is 0. The quantitative estimate of drug-likeness (QED) is 0.714. The highest BCUT2D eigenvalue weighted by molar-refractivity contribution is 4.82. The summed E-state index contributed by atoms with van der Waals surface area (Å²) in [5.74, 6) is 0.724. The molecule has 0 saturated carbocycles. The number of aliphatic hydroxyl groups is 1. The Labute approximate surface area is 95.5 Å². The Morgan fingerprint density at radius 3 is 2.00 bits per heavy atom. The summed E-state index contributed by atoms with van der Waals surface area (Å²) in [4.78, 5) is 0. The van der Waals surface area contributed by atoms with Crippen LogP contribution in [0.15, 0.2) is 0 Å². The molecular formula is C13H29NO. The molecule has 0 aromatic heterocycles. The van der Waals surface area contributed by atoms with E-state index >= 15 is 0 Å². The maximum atomic E-state index is 9.05. The van der Waals surface area contributed by atoms with Crippen LogP contribution >= 0.6 is 0 Å². The number of nitrogens with one attached hydrogen (secondary N) is 1. The van der Waals surface area contributed by atoms with Crippen molar-refractivity contribution in [3.05, 3.63) is 0 Å². The minimum Gasteiger partial charge on any atom is -0.396 e. The molecule has 2 atom stereocenters. The molecule has 0 saturated heterocycles. The summed E-state index contributed by atoms with van der Waals surface area (Å²) in [5, 5.41) is 12.7. The Balaban J connectivity index is 4.16. The zero-order chi connectivity index (χ0) is 12.1.